The van der Waals surface area contributed by atoms with Crippen molar-refractivity contribution < 1.29 is 18.7 Å². The molecule has 3 rings (SSSR count). The van der Waals surface area contributed by atoms with Crippen LogP contribution in [0.4, 0.5) is 10.1 Å². The number of halogens is 2. The number of carbonyl (C=O) groups excluding carboxylic acids is 1. The van der Waals surface area contributed by atoms with Gasteiger partial charge in [-0.15, -0.1) is 12.4 Å². The van der Waals surface area contributed by atoms with Gasteiger partial charge in [0.15, 0.2) is 0 Å². The van der Waals surface area contributed by atoms with Gasteiger partial charge in [-0.25, -0.2) is 9.37 Å². The van der Waals surface area contributed by atoms with E-state index >= 15 is 0 Å². The average molecular weight is 382 g/mol. The second-order valence-electron chi connectivity index (χ2n) is 5.57. The van der Waals surface area contributed by atoms with Gasteiger partial charge in [0.2, 0.25) is 5.88 Å². The number of morpholine rings is 1. The Morgan fingerprint density at radius 1 is 1.42 bits per heavy atom. The predicted molar refractivity (Wildman–Crippen MR) is 98.6 cm³/mol. The molecule has 2 N–H and O–H groups in total. The fraction of sp³-hybridized carbons (Fsp3) is 0.333. The maximum atomic E-state index is 14.3. The summed E-state index contributed by atoms with van der Waals surface area (Å²) in [7, 11) is 0. The van der Waals surface area contributed by atoms with Crippen LogP contribution in [0.1, 0.15) is 28.9 Å². The molecule has 0 radical (unpaired) electrons. The number of rotatable bonds is 5. The number of hydrogen-bond donors (Lipinski definition) is 2. The topological polar surface area (TPSA) is 72.5 Å². The Morgan fingerprint density at radius 3 is 2.88 bits per heavy atom. The number of hydrogen-bond acceptors (Lipinski definition) is 5. The number of nitrogens with zero attached hydrogens (tertiary/aromatic N) is 1. The standard InChI is InChI=1S/C18H20FN3O3.ClH/c1-2-24-17-6-3-12(10-21-17)18(23)22-13-4-5-14(15(19)9-13)16-11-20-7-8-25-16;/h3-6,9-10,16,20H,2,7-8,11H2,1H3,(H,22,23);1H/t16-;/m1./s1. The summed E-state index contributed by atoms with van der Waals surface area (Å²) in [4.78, 5) is 16.3. The Bertz CT molecular complexity index is 737. The third-order valence-electron chi connectivity index (χ3n) is 3.82. The Hall–Kier alpha value is -2.22. The van der Waals surface area contributed by atoms with E-state index in [9.17, 15) is 9.18 Å². The molecule has 0 bridgehead atoms. The summed E-state index contributed by atoms with van der Waals surface area (Å²) in [6.07, 6.45) is 1.11. The molecular formula is C18H21ClFN3O3. The van der Waals surface area contributed by atoms with Crippen molar-refractivity contribution in [2.45, 2.75) is 13.0 Å². The first-order valence-electron chi connectivity index (χ1n) is 8.19. The van der Waals surface area contributed by atoms with Crippen molar-refractivity contribution in [3.63, 3.8) is 0 Å². The van der Waals surface area contributed by atoms with E-state index in [0.29, 0.717) is 42.5 Å². The molecule has 8 heteroatoms. The number of aromatic nitrogens is 1. The minimum Gasteiger partial charge on any atom is -0.478 e. The lowest BCUT2D eigenvalue weighted by Crippen LogP contribution is -2.33. The van der Waals surface area contributed by atoms with Crippen LogP contribution in [-0.2, 0) is 4.74 Å². The number of pyridine rings is 1. The highest BCUT2D eigenvalue weighted by Gasteiger charge is 2.19. The van der Waals surface area contributed by atoms with Crippen LogP contribution in [0.25, 0.3) is 0 Å². The fourth-order valence-corrected chi connectivity index (χ4v) is 2.58. The van der Waals surface area contributed by atoms with E-state index in [1.807, 2.05) is 6.92 Å². The molecule has 1 aliphatic rings. The lowest BCUT2D eigenvalue weighted by Gasteiger charge is -2.24. The normalized spacial score (nSPS) is 16.5. The van der Waals surface area contributed by atoms with Gasteiger partial charge in [0.1, 0.15) is 5.82 Å². The maximum Gasteiger partial charge on any atom is 0.257 e. The molecule has 2 aromatic rings. The van der Waals surface area contributed by atoms with Gasteiger partial charge in [-0.05, 0) is 25.1 Å². The Balaban J connectivity index is 0.00000243. The summed E-state index contributed by atoms with van der Waals surface area (Å²) in [6.45, 7) is 4.25. The number of carbonyl (C=O) groups is 1. The van der Waals surface area contributed by atoms with E-state index in [1.165, 1.54) is 12.3 Å². The van der Waals surface area contributed by atoms with Crippen LogP contribution in [0.2, 0.25) is 0 Å². The maximum absolute atomic E-state index is 14.3. The van der Waals surface area contributed by atoms with Crippen molar-refractivity contribution in [1.82, 2.24) is 10.3 Å². The molecule has 1 aliphatic heterocycles. The first-order valence-corrected chi connectivity index (χ1v) is 8.19. The average Bonchev–Trinajstić information content (AvgIpc) is 2.63. The Morgan fingerprint density at radius 2 is 2.27 bits per heavy atom. The summed E-state index contributed by atoms with van der Waals surface area (Å²) in [5.74, 6) is -0.315. The molecule has 6 nitrogen and oxygen atoms in total. The van der Waals surface area contributed by atoms with Crippen molar-refractivity contribution in [3.8, 4) is 5.88 Å². The summed E-state index contributed by atoms with van der Waals surface area (Å²) in [6, 6.07) is 7.83. The van der Waals surface area contributed by atoms with Crippen LogP contribution in [-0.4, -0.2) is 37.2 Å². The molecule has 1 amide bonds. The summed E-state index contributed by atoms with van der Waals surface area (Å²) >= 11 is 0. The first kappa shape index (κ1) is 20.1. The van der Waals surface area contributed by atoms with Gasteiger partial charge in [0.25, 0.3) is 5.91 Å². The second-order valence-corrected chi connectivity index (χ2v) is 5.57. The molecule has 26 heavy (non-hydrogen) atoms. The van der Waals surface area contributed by atoms with Crippen molar-refractivity contribution in [2.75, 3.05) is 31.6 Å². The number of nitrogens with one attached hydrogen (secondary N) is 2. The molecule has 140 valence electrons. The van der Waals surface area contributed by atoms with Crippen molar-refractivity contribution in [3.05, 3.63) is 53.5 Å². The Kier molecular flexibility index (Phi) is 7.32. The van der Waals surface area contributed by atoms with Gasteiger partial charge >= 0.3 is 0 Å². The molecule has 2 heterocycles. The van der Waals surface area contributed by atoms with Gasteiger partial charge < -0.3 is 20.1 Å². The van der Waals surface area contributed by atoms with Crippen LogP contribution in [0.15, 0.2) is 36.5 Å². The van der Waals surface area contributed by atoms with E-state index < -0.39 is 5.82 Å². The minimum atomic E-state index is -0.406. The highest BCUT2D eigenvalue weighted by Crippen LogP contribution is 2.24. The predicted octanol–water partition coefficient (Wildman–Crippen LogP) is 2.95. The third-order valence-corrected chi connectivity index (χ3v) is 3.82. The highest BCUT2D eigenvalue weighted by molar-refractivity contribution is 6.04. The molecule has 0 aliphatic carbocycles. The van der Waals surface area contributed by atoms with Crippen molar-refractivity contribution in [2.24, 2.45) is 0 Å². The molecule has 0 saturated carbocycles. The molecule has 1 aromatic heterocycles. The van der Waals surface area contributed by atoms with E-state index in [0.717, 1.165) is 6.54 Å². The zero-order valence-corrected chi connectivity index (χ0v) is 15.1. The summed E-state index contributed by atoms with van der Waals surface area (Å²) in [5, 5.41) is 5.83. The van der Waals surface area contributed by atoms with E-state index in [-0.39, 0.29) is 24.4 Å². The monoisotopic (exact) mass is 381 g/mol. The second kappa shape index (κ2) is 9.47. The van der Waals surface area contributed by atoms with Gasteiger partial charge in [0, 0.05) is 36.6 Å². The summed E-state index contributed by atoms with van der Waals surface area (Å²) in [5.41, 5.74) is 1.23. The largest absolute Gasteiger partial charge is 0.478 e. The van der Waals surface area contributed by atoms with Crippen LogP contribution < -0.4 is 15.4 Å². The Labute approximate surface area is 157 Å². The van der Waals surface area contributed by atoms with Crippen LogP contribution in [0, 0.1) is 5.82 Å². The molecule has 1 saturated heterocycles. The zero-order chi connectivity index (χ0) is 17.6. The van der Waals surface area contributed by atoms with Crippen molar-refractivity contribution >= 4 is 24.0 Å². The summed E-state index contributed by atoms with van der Waals surface area (Å²) < 4.78 is 25.1. The van der Waals surface area contributed by atoms with Crippen LogP contribution in [0.5, 0.6) is 5.88 Å². The third kappa shape index (κ3) is 4.91. The highest BCUT2D eigenvalue weighted by atomic mass is 35.5. The van der Waals surface area contributed by atoms with Crippen LogP contribution >= 0.6 is 12.4 Å². The number of benzene rings is 1. The fourth-order valence-electron chi connectivity index (χ4n) is 2.58. The van der Waals surface area contributed by atoms with Gasteiger partial charge in [-0.3, -0.25) is 4.79 Å². The molecule has 1 fully saturated rings. The quantitative estimate of drug-likeness (QED) is 0.833. The molecule has 0 spiro atoms. The smallest absolute Gasteiger partial charge is 0.257 e. The van der Waals surface area contributed by atoms with Gasteiger partial charge in [-0.1, -0.05) is 6.07 Å². The van der Waals surface area contributed by atoms with Crippen molar-refractivity contribution in [1.29, 1.82) is 0 Å². The molecule has 1 atom stereocenters. The van der Waals surface area contributed by atoms with E-state index in [4.69, 9.17) is 9.47 Å². The molecular weight excluding hydrogens is 361 g/mol. The van der Waals surface area contributed by atoms with Gasteiger partial charge in [0.05, 0.1) is 24.9 Å². The first-order chi connectivity index (χ1) is 12.2. The lowest BCUT2D eigenvalue weighted by atomic mass is 10.1. The minimum absolute atomic E-state index is 0. The lowest BCUT2D eigenvalue weighted by molar-refractivity contribution is 0.0255. The SMILES string of the molecule is CCOc1ccc(C(=O)Nc2ccc([C@H]3CNCCO3)c(F)c2)cn1.Cl. The van der Waals surface area contributed by atoms with Gasteiger partial charge in [-0.2, -0.15) is 0 Å². The molecule has 0 unspecified atom stereocenters. The number of amides is 1. The number of anilines is 1. The van der Waals surface area contributed by atoms with E-state index in [1.54, 1.807) is 24.3 Å². The van der Waals surface area contributed by atoms with E-state index in [2.05, 4.69) is 15.6 Å². The van der Waals surface area contributed by atoms with Crippen LogP contribution in [0.3, 0.4) is 0 Å². The zero-order valence-electron chi connectivity index (χ0n) is 14.3. The number of ether oxygens (including phenoxy) is 2. The molecule has 1 aromatic carbocycles.